The fraction of sp³-hybridized carbons (Fsp3) is 0.238. The van der Waals surface area contributed by atoms with Crippen molar-refractivity contribution in [2.75, 3.05) is 11.9 Å². The van der Waals surface area contributed by atoms with Crippen LogP contribution in [0.4, 0.5) is 10.5 Å². The van der Waals surface area contributed by atoms with Crippen LogP contribution in [0.3, 0.4) is 0 Å². The zero-order valence-corrected chi connectivity index (χ0v) is 15.9. The van der Waals surface area contributed by atoms with Crippen molar-refractivity contribution in [1.82, 2.24) is 10.2 Å². The summed E-state index contributed by atoms with van der Waals surface area (Å²) in [5.74, 6) is -1.15. The van der Waals surface area contributed by atoms with Gasteiger partial charge >= 0.3 is 6.03 Å². The molecule has 0 bridgehead atoms. The number of benzene rings is 2. The summed E-state index contributed by atoms with van der Waals surface area (Å²) < 4.78 is 0. The Hall–Kier alpha value is -3.48. The molecule has 0 aliphatic carbocycles. The van der Waals surface area contributed by atoms with E-state index in [9.17, 15) is 19.2 Å². The molecule has 0 unspecified atom stereocenters. The fourth-order valence-electron chi connectivity index (χ4n) is 3.08. The molecule has 7 heteroatoms. The molecule has 1 fully saturated rings. The summed E-state index contributed by atoms with van der Waals surface area (Å²) in [6, 6.07) is 13.1. The number of Topliss-reactive ketones (excluding diaryl/α,β-unsaturated/α-hetero) is 1. The molecule has 28 heavy (non-hydrogen) atoms. The van der Waals surface area contributed by atoms with Gasteiger partial charge in [-0.2, -0.15) is 0 Å². The highest BCUT2D eigenvalue weighted by molar-refractivity contribution is 6.10. The first-order valence-electron chi connectivity index (χ1n) is 8.83. The van der Waals surface area contributed by atoms with Gasteiger partial charge in [-0.1, -0.05) is 42.0 Å². The van der Waals surface area contributed by atoms with Crippen molar-refractivity contribution in [3.8, 4) is 0 Å². The average Bonchev–Trinajstić information content (AvgIpc) is 2.86. The van der Waals surface area contributed by atoms with Crippen molar-refractivity contribution < 1.29 is 19.2 Å². The van der Waals surface area contributed by atoms with E-state index in [1.54, 1.807) is 43.3 Å². The number of nitrogens with one attached hydrogen (secondary N) is 2. The van der Waals surface area contributed by atoms with E-state index < -0.39 is 29.9 Å². The van der Waals surface area contributed by atoms with E-state index in [0.29, 0.717) is 16.8 Å². The molecule has 3 rings (SSSR count). The third kappa shape index (κ3) is 3.64. The number of urea groups is 1. The van der Waals surface area contributed by atoms with Crippen LogP contribution in [0, 0.1) is 6.92 Å². The topological polar surface area (TPSA) is 95.6 Å². The van der Waals surface area contributed by atoms with Crippen LogP contribution >= 0.6 is 0 Å². The predicted molar refractivity (Wildman–Crippen MR) is 104 cm³/mol. The number of hydrogen-bond donors (Lipinski definition) is 2. The van der Waals surface area contributed by atoms with Gasteiger partial charge in [0.05, 0.1) is 0 Å². The molecular formula is C21H21N3O4. The van der Waals surface area contributed by atoms with E-state index in [4.69, 9.17) is 0 Å². The Morgan fingerprint density at radius 3 is 2.43 bits per heavy atom. The zero-order chi connectivity index (χ0) is 20.5. The van der Waals surface area contributed by atoms with Gasteiger partial charge in [0.2, 0.25) is 5.91 Å². The summed E-state index contributed by atoms with van der Waals surface area (Å²) in [4.78, 5) is 49.9. The number of aryl methyl sites for hydroxylation is 1. The summed E-state index contributed by atoms with van der Waals surface area (Å²) >= 11 is 0. The number of ketones is 1. The fourth-order valence-corrected chi connectivity index (χ4v) is 3.08. The summed E-state index contributed by atoms with van der Waals surface area (Å²) in [5.41, 5.74) is 1.34. The van der Waals surface area contributed by atoms with Gasteiger partial charge in [0.1, 0.15) is 12.1 Å². The molecule has 144 valence electrons. The van der Waals surface area contributed by atoms with Crippen LogP contribution in [-0.4, -0.2) is 35.1 Å². The Kier molecular flexibility index (Phi) is 5.00. The normalized spacial score (nSPS) is 18.8. The minimum absolute atomic E-state index is 0.126. The van der Waals surface area contributed by atoms with Gasteiger partial charge < -0.3 is 10.6 Å². The van der Waals surface area contributed by atoms with Crippen molar-refractivity contribution in [3.63, 3.8) is 0 Å². The van der Waals surface area contributed by atoms with Crippen molar-refractivity contribution in [3.05, 3.63) is 65.2 Å². The first kappa shape index (κ1) is 19.3. The SMILES string of the molecule is CC(=O)c1cccc(NC(=O)CN2C(=O)N[C@](C)(c3ccc(C)cc3)C2=O)c1. The van der Waals surface area contributed by atoms with Crippen LogP contribution in [0.5, 0.6) is 0 Å². The average molecular weight is 379 g/mol. The highest BCUT2D eigenvalue weighted by Gasteiger charge is 2.49. The van der Waals surface area contributed by atoms with E-state index >= 15 is 0 Å². The number of amides is 4. The maximum absolute atomic E-state index is 12.9. The van der Waals surface area contributed by atoms with E-state index in [2.05, 4.69) is 10.6 Å². The molecule has 1 saturated heterocycles. The van der Waals surface area contributed by atoms with Gasteiger partial charge in [0.15, 0.2) is 5.78 Å². The molecule has 2 N–H and O–H groups in total. The molecule has 1 aliphatic rings. The molecule has 0 aromatic heterocycles. The lowest BCUT2D eigenvalue weighted by Gasteiger charge is -2.22. The molecule has 2 aromatic rings. The second-order valence-corrected chi connectivity index (χ2v) is 7.00. The number of rotatable bonds is 5. The molecule has 2 aromatic carbocycles. The van der Waals surface area contributed by atoms with E-state index in [1.165, 1.54) is 6.92 Å². The number of carbonyl (C=O) groups is 4. The van der Waals surface area contributed by atoms with Gasteiger partial charge in [-0.15, -0.1) is 0 Å². The van der Waals surface area contributed by atoms with Crippen molar-refractivity contribution in [1.29, 1.82) is 0 Å². The number of hydrogen-bond acceptors (Lipinski definition) is 4. The smallest absolute Gasteiger partial charge is 0.325 e. The Balaban J connectivity index is 1.73. The first-order valence-corrected chi connectivity index (χ1v) is 8.83. The van der Waals surface area contributed by atoms with Gasteiger partial charge in [0.25, 0.3) is 5.91 Å². The zero-order valence-electron chi connectivity index (χ0n) is 15.9. The van der Waals surface area contributed by atoms with Gasteiger partial charge in [0, 0.05) is 11.3 Å². The third-order valence-corrected chi connectivity index (χ3v) is 4.76. The van der Waals surface area contributed by atoms with Gasteiger partial charge in [-0.05, 0) is 38.5 Å². The second kappa shape index (κ2) is 7.26. The van der Waals surface area contributed by atoms with Gasteiger partial charge in [-0.3, -0.25) is 19.3 Å². The molecule has 1 heterocycles. The number of anilines is 1. The van der Waals surface area contributed by atoms with Crippen LogP contribution in [0.15, 0.2) is 48.5 Å². The molecule has 0 radical (unpaired) electrons. The first-order chi connectivity index (χ1) is 13.2. The molecule has 1 atom stereocenters. The van der Waals surface area contributed by atoms with Crippen molar-refractivity contribution in [2.45, 2.75) is 26.3 Å². The second-order valence-electron chi connectivity index (χ2n) is 7.00. The summed E-state index contributed by atoms with van der Waals surface area (Å²) in [7, 11) is 0. The summed E-state index contributed by atoms with van der Waals surface area (Å²) in [6.45, 7) is 4.56. The summed E-state index contributed by atoms with van der Waals surface area (Å²) in [5, 5.41) is 5.29. The van der Waals surface area contributed by atoms with Crippen molar-refractivity contribution in [2.24, 2.45) is 0 Å². The lowest BCUT2D eigenvalue weighted by atomic mass is 9.91. The lowest BCUT2D eigenvalue weighted by Crippen LogP contribution is -2.42. The minimum atomic E-state index is -1.22. The maximum atomic E-state index is 12.9. The highest BCUT2D eigenvalue weighted by atomic mass is 16.2. The molecule has 7 nitrogen and oxygen atoms in total. The number of imide groups is 1. The van der Waals surface area contributed by atoms with Crippen LogP contribution in [0.1, 0.15) is 35.3 Å². The number of nitrogens with zero attached hydrogens (tertiary/aromatic N) is 1. The Bertz CT molecular complexity index is 968. The molecule has 0 saturated carbocycles. The van der Waals surface area contributed by atoms with Crippen LogP contribution in [-0.2, 0) is 15.1 Å². The van der Waals surface area contributed by atoms with Crippen LogP contribution in [0.25, 0.3) is 0 Å². The molecular weight excluding hydrogens is 358 g/mol. The standard InChI is InChI=1S/C21H21N3O4/c1-13-7-9-16(10-8-13)21(3)19(27)24(20(28)23-21)12-18(26)22-17-6-4-5-15(11-17)14(2)25/h4-11H,12H2,1-3H3,(H,22,26)(H,23,28)/t21-/m1/s1. The maximum Gasteiger partial charge on any atom is 0.325 e. The quantitative estimate of drug-likeness (QED) is 0.617. The molecule has 1 aliphatic heterocycles. The van der Waals surface area contributed by atoms with Crippen LogP contribution in [0.2, 0.25) is 0 Å². The van der Waals surface area contributed by atoms with Crippen molar-refractivity contribution >= 4 is 29.3 Å². The Morgan fingerprint density at radius 1 is 1.11 bits per heavy atom. The van der Waals surface area contributed by atoms with Gasteiger partial charge in [-0.25, -0.2) is 4.79 Å². The monoisotopic (exact) mass is 379 g/mol. The lowest BCUT2D eigenvalue weighted by molar-refractivity contribution is -0.133. The Labute approximate surface area is 162 Å². The van der Waals surface area contributed by atoms with E-state index in [0.717, 1.165) is 10.5 Å². The third-order valence-electron chi connectivity index (χ3n) is 4.76. The molecule has 4 amide bonds. The highest BCUT2D eigenvalue weighted by Crippen LogP contribution is 2.29. The van der Waals surface area contributed by atoms with E-state index in [1.807, 2.05) is 19.1 Å². The Morgan fingerprint density at radius 2 is 1.79 bits per heavy atom. The van der Waals surface area contributed by atoms with Crippen LogP contribution < -0.4 is 10.6 Å². The largest absolute Gasteiger partial charge is 0.325 e. The minimum Gasteiger partial charge on any atom is -0.325 e. The molecule has 0 spiro atoms. The van der Waals surface area contributed by atoms with E-state index in [-0.39, 0.29) is 5.78 Å². The summed E-state index contributed by atoms with van der Waals surface area (Å²) in [6.07, 6.45) is 0. The predicted octanol–water partition coefficient (Wildman–Crippen LogP) is 2.60. The number of carbonyl (C=O) groups excluding carboxylic acids is 4.